The maximum Gasteiger partial charge on any atom is 0.416 e. The van der Waals surface area contributed by atoms with Gasteiger partial charge in [0.2, 0.25) is 0 Å². The Balaban J connectivity index is 1.01. The number of anilines is 2. The van der Waals surface area contributed by atoms with E-state index >= 15 is 4.39 Å². The molecule has 0 bridgehead atoms. The Morgan fingerprint density at radius 3 is 2.46 bits per heavy atom. The van der Waals surface area contributed by atoms with Gasteiger partial charge in [-0.3, -0.25) is 14.0 Å². The molecule has 0 radical (unpaired) electrons. The summed E-state index contributed by atoms with van der Waals surface area (Å²) in [5.41, 5.74) is 5.27. The van der Waals surface area contributed by atoms with Gasteiger partial charge in [-0.15, -0.1) is 0 Å². The highest BCUT2D eigenvalue weighted by molar-refractivity contribution is 6.05. The van der Waals surface area contributed by atoms with Gasteiger partial charge in [0.25, 0.3) is 5.91 Å². The summed E-state index contributed by atoms with van der Waals surface area (Å²) in [6.45, 7) is 0. The Morgan fingerprint density at radius 1 is 1.07 bits per heavy atom. The van der Waals surface area contributed by atoms with Gasteiger partial charge in [-0.25, -0.2) is 19.3 Å². The van der Waals surface area contributed by atoms with Gasteiger partial charge in [-0.05, 0) is 64.8 Å². The molecular weight excluding hydrogens is 544 g/mol. The van der Waals surface area contributed by atoms with Crippen LogP contribution in [-0.4, -0.2) is 36.3 Å². The molecule has 11 rings (SSSR count). The van der Waals surface area contributed by atoms with Crippen LogP contribution in [0.25, 0.3) is 16.8 Å². The van der Waals surface area contributed by atoms with Crippen molar-refractivity contribution in [3.8, 4) is 11.3 Å². The van der Waals surface area contributed by atoms with Crippen LogP contribution in [0.3, 0.4) is 0 Å². The molecule has 7 aliphatic rings. The normalized spacial score (nSPS) is 38.5. The smallest absolute Gasteiger partial charge is 0.416 e. The summed E-state index contributed by atoms with van der Waals surface area (Å²) < 4.78 is 56.5. The van der Waals surface area contributed by atoms with Crippen molar-refractivity contribution in [1.82, 2.24) is 19.4 Å². The number of hydrogen-bond donors (Lipinski definition) is 3. The summed E-state index contributed by atoms with van der Waals surface area (Å²) in [6, 6.07) is 5.19. The quantitative estimate of drug-likeness (QED) is 0.318. The van der Waals surface area contributed by atoms with Gasteiger partial charge in [0.1, 0.15) is 34.5 Å². The number of carboxylic acids is 1. The molecule has 2 spiro atoms. The topological polar surface area (TPSA) is 136 Å². The zero-order chi connectivity index (χ0) is 28.2. The van der Waals surface area contributed by atoms with E-state index in [1.807, 2.05) is 4.40 Å². The van der Waals surface area contributed by atoms with E-state index in [4.69, 9.17) is 10.7 Å². The summed E-state index contributed by atoms with van der Waals surface area (Å²) in [7, 11) is 0. The third kappa shape index (κ3) is 1.68. The number of fused-ring (bicyclic) bond motifs is 1. The van der Waals surface area contributed by atoms with Gasteiger partial charge >= 0.3 is 12.1 Å². The van der Waals surface area contributed by atoms with Gasteiger partial charge in [-0.1, -0.05) is 0 Å². The minimum Gasteiger partial charge on any atom is -0.481 e. The van der Waals surface area contributed by atoms with Gasteiger partial charge in [0.05, 0.1) is 11.0 Å². The lowest BCUT2D eigenvalue weighted by Crippen LogP contribution is -2.94. The first-order chi connectivity index (χ1) is 19.5. The molecule has 4 N–H and O–H groups in total. The van der Waals surface area contributed by atoms with E-state index in [2.05, 4.69) is 15.3 Å². The van der Waals surface area contributed by atoms with Crippen LogP contribution in [0.15, 0.2) is 48.9 Å². The number of benzene rings is 1. The molecule has 204 valence electrons. The third-order valence-corrected chi connectivity index (χ3v) is 11.6. The number of nitrogen functional groups attached to an aromatic ring is 1. The van der Waals surface area contributed by atoms with Crippen molar-refractivity contribution in [1.29, 1.82) is 0 Å². The van der Waals surface area contributed by atoms with Crippen molar-refractivity contribution in [2.24, 2.45) is 39.9 Å². The maximum absolute atomic E-state index is 15.6. The maximum atomic E-state index is 15.6. The highest BCUT2D eigenvalue weighted by atomic mass is 19.4. The molecule has 13 heteroatoms. The average Bonchev–Trinajstić information content (AvgIpc) is 3.29. The molecule has 7 fully saturated rings. The molecule has 1 amide bonds. The summed E-state index contributed by atoms with van der Waals surface area (Å²) in [6.07, 6.45) is -0.403. The van der Waals surface area contributed by atoms with E-state index in [-0.39, 0.29) is 68.4 Å². The fourth-order valence-electron chi connectivity index (χ4n) is 11.1. The summed E-state index contributed by atoms with van der Waals surface area (Å²) >= 11 is 0. The lowest BCUT2D eigenvalue weighted by atomic mass is 9.10. The SMILES string of the molecule is Nc1nccn2c(C34C5C6C7(C(=O)O)C5C35C7C645)nc(-c3ccc(C(=O)Nc4cc(C(F)(F)F)ccn4)cc3F)c12. The number of aliphatic carboxylic acids is 1. The van der Waals surface area contributed by atoms with Crippen molar-refractivity contribution in [2.75, 3.05) is 11.1 Å². The van der Waals surface area contributed by atoms with Gasteiger partial charge in [-0.2, -0.15) is 13.2 Å². The highest BCUT2D eigenvalue weighted by Gasteiger charge is 3.41. The van der Waals surface area contributed by atoms with E-state index < -0.39 is 34.8 Å². The van der Waals surface area contributed by atoms with Crippen LogP contribution in [0.1, 0.15) is 21.7 Å². The first-order valence-electron chi connectivity index (χ1n) is 13.0. The lowest BCUT2D eigenvalue weighted by molar-refractivity contribution is -0.431. The van der Waals surface area contributed by atoms with E-state index in [0.717, 1.165) is 24.2 Å². The number of imidazole rings is 1. The Labute approximate surface area is 226 Å². The molecular formula is C28H16F4N6O3. The number of carbonyl (C=O) groups is 2. The number of amides is 1. The molecule has 1 aromatic carbocycles. The summed E-state index contributed by atoms with van der Waals surface area (Å²) in [4.78, 5) is 37.5. The van der Waals surface area contributed by atoms with Gasteiger partial charge in [0.15, 0.2) is 0 Å². The molecule has 7 saturated carbocycles. The number of halogens is 4. The molecule has 4 unspecified atom stereocenters. The number of nitrogens with two attached hydrogens (primary N) is 1. The molecule has 0 aliphatic heterocycles. The Hall–Kier alpha value is -4.55. The van der Waals surface area contributed by atoms with Crippen molar-refractivity contribution < 1.29 is 32.3 Å². The van der Waals surface area contributed by atoms with Gasteiger partial charge < -0.3 is 16.2 Å². The second-order valence-corrected chi connectivity index (χ2v) is 12.1. The Kier molecular flexibility index (Phi) is 3.12. The fourth-order valence-corrected chi connectivity index (χ4v) is 11.1. The number of carbonyl (C=O) groups excluding carboxylic acids is 1. The highest BCUT2D eigenvalue weighted by Crippen LogP contribution is 3.38. The van der Waals surface area contributed by atoms with E-state index in [1.165, 1.54) is 12.1 Å². The molecule has 9 nitrogen and oxygen atoms in total. The zero-order valence-corrected chi connectivity index (χ0v) is 20.6. The molecule has 7 aliphatic carbocycles. The Bertz CT molecular complexity index is 2000. The predicted octanol–water partition coefficient (Wildman–Crippen LogP) is 3.61. The van der Waals surface area contributed by atoms with Crippen molar-refractivity contribution >= 4 is 29.0 Å². The van der Waals surface area contributed by atoms with Crippen LogP contribution in [-0.2, 0) is 16.4 Å². The van der Waals surface area contributed by atoms with Crippen LogP contribution < -0.4 is 11.1 Å². The minimum absolute atomic E-state index is 0.0161. The predicted molar refractivity (Wildman–Crippen MR) is 131 cm³/mol. The van der Waals surface area contributed by atoms with Crippen molar-refractivity contribution in [3.05, 3.63) is 71.7 Å². The molecule has 41 heavy (non-hydrogen) atoms. The van der Waals surface area contributed by atoms with Gasteiger partial charge in [0, 0.05) is 35.1 Å². The van der Waals surface area contributed by atoms with Crippen LogP contribution in [0.4, 0.5) is 29.2 Å². The number of hydrogen-bond acceptors (Lipinski definition) is 6. The number of nitrogens with one attached hydrogen (secondary N) is 1. The zero-order valence-electron chi connectivity index (χ0n) is 20.6. The first-order valence-corrected chi connectivity index (χ1v) is 13.0. The number of rotatable bonds is 5. The largest absolute Gasteiger partial charge is 0.481 e. The number of alkyl halides is 3. The van der Waals surface area contributed by atoms with Crippen LogP contribution in [0.5, 0.6) is 0 Å². The summed E-state index contributed by atoms with van der Waals surface area (Å²) in [5, 5.41) is 12.1. The second kappa shape index (κ2) is 5.76. The molecule has 3 heterocycles. The molecule has 4 aromatic rings. The third-order valence-electron chi connectivity index (χ3n) is 11.6. The number of nitrogens with zero attached hydrogens (tertiary/aromatic N) is 4. The lowest BCUT2D eigenvalue weighted by Gasteiger charge is -2.90. The average molecular weight is 560 g/mol. The number of aromatic nitrogens is 4. The standard InChI is InChI=1S/C28H16F4N6O3/c29-12-7-9(20(39)36-13-8-10(3-4-34-13)28(30,31)32)1-2-11(12)15-16-19(33)35-5-6-38(16)22(37-15)25-14-17-24(23(40)41)18(14)27(25)21(24)26(17,25)27/h1-8,14,17-18,21H,(H2,33,35)(H,40,41)(H,34,36,39). The van der Waals surface area contributed by atoms with E-state index in [1.54, 1.807) is 12.4 Å². The number of carboxylic acid groups (broad SMARTS) is 1. The Morgan fingerprint density at radius 2 is 1.83 bits per heavy atom. The molecule has 4 atom stereocenters. The van der Waals surface area contributed by atoms with Crippen molar-refractivity contribution in [3.63, 3.8) is 0 Å². The monoisotopic (exact) mass is 560 g/mol. The number of pyridine rings is 1. The van der Waals surface area contributed by atoms with E-state index in [0.29, 0.717) is 11.6 Å². The van der Waals surface area contributed by atoms with E-state index in [9.17, 15) is 27.9 Å². The van der Waals surface area contributed by atoms with Crippen LogP contribution >= 0.6 is 0 Å². The van der Waals surface area contributed by atoms with Crippen LogP contribution in [0.2, 0.25) is 0 Å². The van der Waals surface area contributed by atoms with Crippen molar-refractivity contribution in [2.45, 2.75) is 11.6 Å². The van der Waals surface area contributed by atoms with Crippen LogP contribution in [0, 0.1) is 45.7 Å². The molecule has 0 saturated heterocycles. The first kappa shape index (κ1) is 22.2. The molecule has 3 aromatic heterocycles. The minimum atomic E-state index is -4.61. The fraction of sp³-hybridized carbons (Fsp3) is 0.321. The summed E-state index contributed by atoms with van der Waals surface area (Å²) in [5.74, 6) is -0.777. The second-order valence-electron chi connectivity index (χ2n) is 12.1.